The fourth-order valence-electron chi connectivity index (χ4n) is 0.355. The Labute approximate surface area is 59.5 Å². The predicted octanol–water partition coefficient (Wildman–Crippen LogP) is -0.606. The second kappa shape index (κ2) is 7.18. The van der Waals surface area contributed by atoms with Gasteiger partial charge in [0.1, 0.15) is 0 Å². The zero-order chi connectivity index (χ0) is 7.82. The first kappa shape index (κ1) is 10.1. The smallest absolute Gasteiger partial charge is 0.316 e. The van der Waals surface area contributed by atoms with E-state index >= 15 is 0 Å². The lowest BCUT2D eigenvalue weighted by Crippen LogP contribution is -2.04. The van der Waals surface area contributed by atoms with Crippen molar-refractivity contribution in [2.45, 2.75) is 0 Å². The van der Waals surface area contributed by atoms with Gasteiger partial charge in [-0.3, -0.25) is 4.57 Å². The predicted molar refractivity (Wildman–Crippen MR) is 35.1 cm³/mol. The second-order valence-corrected chi connectivity index (χ2v) is 2.27. The van der Waals surface area contributed by atoms with Crippen LogP contribution in [-0.2, 0) is 13.8 Å². The van der Waals surface area contributed by atoms with Crippen LogP contribution in [0.2, 0.25) is 0 Å². The molecule has 0 aromatic rings. The van der Waals surface area contributed by atoms with Crippen LogP contribution in [0.4, 0.5) is 0 Å². The summed E-state index contributed by atoms with van der Waals surface area (Å²) < 4.78 is 18.9. The van der Waals surface area contributed by atoms with Crippen molar-refractivity contribution >= 4 is 8.25 Å². The van der Waals surface area contributed by atoms with Gasteiger partial charge in [0.2, 0.25) is 0 Å². The summed E-state index contributed by atoms with van der Waals surface area (Å²) >= 11 is 0. The van der Waals surface area contributed by atoms with E-state index in [0.717, 1.165) is 0 Å². The number of aliphatic hydroxyl groups is 1. The van der Waals surface area contributed by atoms with Gasteiger partial charge in [-0.1, -0.05) is 0 Å². The first-order chi connectivity index (χ1) is 4.77. The quantitative estimate of drug-likeness (QED) is 0.411. The van der Waals surface area contributed by atoms with E-state index in [1.54, 1.807) is 0 Å². The maximum atomic E-state index is 9.89. The van der Waals surface area contributed by atoms with Gasteiger partial charge in [-0.15, -0.1) is 0 Å². The van der Waals surface area contributed by atoms with Gasteiger partial charge in [0.15, 0.2) is 0 Å². The Morgan fingerprint density at radius 1 is 1.30 bits per heavy atom. The summed E-state index contributed by atoms with van der Waals surface area (Å²) in [7, 11) is -2.81. The minimum absolute atomic E-state index is 0.0473. The van der Waals surface area contributed by atoms with E-state index in [2.05, 4.69) is 4.52 Å². The van der Waals surface area contributed by atoms with Crippen LogP contribution >= 0.6 is 8.25 Å². The van der Waals surface area contributed by atoms with Crippen LogP contribution in [0.15, 0.2) is 0 Å². The van der Waals surface area contributed by atoms with Crippen LogP contribution < -0.4 is 0 Å². The van der Waals surface area contributed by atoms with Crippen molar-refractivity contribution in [3.8, 4) is 0 Å². The molecule has 1 unspecified atom stereocenters. The molecule has 6 heteroatoms. The van der Waals surface area contributed by atoms with Gasteiger partial charge in [-0.05, 0) is 0 Å². The lowest BCUT2D eigenvalue weighted by molar-refractivity contribution is 0.0697. The van der Waals surface area contributed by atoms with Crippen LogP contribution in [-0.4, -0.2) is 36.4 Å². The number of rotatable bonds is 6. The molecule has 0 aliphatic rings. The lowest BCUT2D eigenvalue weighted by atomic mass is 10.7. The molecule has 0 aromatic carbocycles. The molecule has 1 atom stereocenters. The van der Waals surface area contributed by atoms with E-state index in [9.17, 15) is 4.57 Å². The molecule has 0 bridgehead atoms. The molecular formula is C4H11O5P. The summed E-state index contributed by atoms with van der Waals surface area (Å²) in [4.78, 5) is 8.13. The van der Waals surface area contributed by atoms with Gasteiger partial charge in [0.25, 0.3) is 0 Å². The van der Waals surface area contributed by atoms with Gasteiger partial charge in [0, 0.05) is 0 Å². The Kier molecular flexibility index (Phi) is 7.23. The van der Waals surface area contributed by atoms with E-state index in [0.29, 0.717) is 0 Å². The van der Waals surface area contributed by atoms with E-state index in [1.807, 2.05) is 0 Å². The lowest BCUT2D eigenvalue weighted by Gasteiger charge is -2.00. The SMILES string of the molecule is O=[PH](O)OCCOCCO. The molecule has 0 rings (SSSR count). The third kappa shape index (κ3) is 8.07. The number of hydrogen-bond acceptors (Lipinski definition) is 4. The van der Waals surface area contributed by atoms with Gasteiger partial charge < -0.3 is 19.3 Å². The normalized spacial score (nSPS) is 13.4. The Bertz CT molecular complexity index is 95.6. The zero-order valence-corrected chi connectivity index (χ0v) is 6.45. The van der Waals surface area contributed by atoms with Crippen LogP contribution in [0.25, 0.3) is 0 Å². The van der Waals surface area contributed by atoms with Crippen LogP contribution in [0.1, 0.15) is 0 Å². The van der Waals surface area contributed by atoms with Crippen LogP contribution in [0.3, 0.4) is 0 Å². The molecule has 62 valence electrons. The highest BCUT2D eigenvalue weighted by atomic mass is 31.1. The zero-order valence-electron chi connectivity index (χ0n) is 5.45. The highest BCUT2D eigenvalue weighted by molar-refractivity contribution is 7.32. The standard InChI is InChI=1S/C4H11O5P/c5-1-2-8-3-4-9-10(6)7/h5,10H,1-4H2,(H,6,7). The van der Waals surface area contributed by atoms with E-state index in [1.165, 1.54) is 0 Å². The Balaban J connectivity index is 2.84. The number of hydrogen-bond donors (Lipinski definition) is 2. The fourth-order valence-corrected chi connectivity index (χ4v) is 0.612. The topological polar surface area (TPSA) is 76.0 Å². The molecule has 0 fully saturated rings. The van der Waals surface area contributed by atoms with Crippen molar-refractivity contribution in [3.63, 3.8) is 0 Å². The summed E-state index contributed by atoms with van der Waals surface area (Å²) in [6, 6.07) is 0. The molecule has 0 radical (unpaired) electrons. The Morgan fingerprint density at radius 2 is 2.00 bits per heavy atom. The maximum Gasteiger partial charge on any atom is 0.316 e. The first-order valence-electron chi connectivity index (χ1n) is 2.81. The summed E-state index contributed by atoms with van der Waals surface area (Å²) in [6.45, 7) is 0.510. The van der Waals surface area contributed by atoms with Crippen molar-refractivity contribution in [3.05, 3.63) is 0 Å². The summed E-state index contributed by atoms with van der Waals surface area (Å²) in [5, 5.41) is 8.20. The van der Waals surface area contributed by atoms with E-state index in [4.69, 9.17) is 14.7 Å². The Morgan fingerprint density at radius 3 is 2.50 bits per heavy atom. The molecule has 0 saturated heterocycles. The number of aliphatic hydroxyl groups excluding tert-OH is 1. The summed E-state index contributed by atoms with van der Waals surface area (Å²) in [5.41, 5.74) is 0. The molecule has 0 saturated carbocycles. The highest BCUT2D eigenvalue weighted by Crippen LogP contribution is 2.12. The molecule has 0 aliphatic heterocycles. The first-order valence-corrected chi connectivity index (χ1v) is 4.08. The second-order valence-electron chi connectivity index (χ2n) is 1.45. The van der Waals surface area contributed by atoms with E-state index in [-0.39, 0.29) is 26.4 Å². The molecule has 2 N–H and O–H groups in total. The van der Waals surface area contributed by atoms with Crippen LogP contribution in [0, 0.1) is 0 Å². The molecule has 0 aliphatic carbocycles. The minimum Gasteiger partial charge on any atom is -0.394 e. The van der Waals surface area contributed by atoms with Gasteiger partial charge in [-0.2, -0.15) is 0 Å². The molecule has 0 amide bonds. The molecule has 0 aromatic heterocycles. The van der Waals surface area contributed by atoms with Crippen LogP contribution in [0.5, 0.6) is 0 Å². The summed E-state index contributed by atoms with van der Waals surface area (Å²) in [6.07, 6.45) is 0. The van der Waals surface area contributed by atoms with Crippen molar-refractivity contribution in [2.24, 2.45) is 0 Å². The molecular weight excluding hydrogens is 159 g/mol. The molecule has 10 heavy (non-hydrogen) atoms. The molecule has 0 heterocycles. The highest BCUT2D eigenvalue weighted by Gasteiger charge is 1.90. The summed E-state index contributed by atoms with van der Waals surface area (Å²) in [5.74, 6) is 0. The monoisotopic (exact) mass is 170 g/mol. The largest absolute Gasteiger partial charge is 0.394 e. The average Bonchev–Trinajstić information content (AvgIpc) is 1.87. The third-order valence-corrected chi connectivity index (χ3v) is 1.14. The van der Waals surface area contributed by atoms with Gasteiger partial charge in [0.05, 0.1) is 26.4 Å². The van der Waals surface area contributed by atoms with Crippen molar-refractivity contribution in [1.29, 1.82) is 0 Å². The third-order valence-electron chi connectivity index (χ3n) is 0.689. The minimum atomic E-state index is -2.81. The van der Waals surface area contributed by atoms with Crippen molar-refractivity contribution in [2.75, 3.05) is 26.4 Å². The van der Waals surface area contributed by atoms with E-state index < -0.39 is 8.25 Å². The molecule has 0 spiro atoms. The number of ether oxygens (including phenoxy) is 1. The van der Waals surface area contributed by atoms with Gasteiger partial charge >= 0.3 is 8.25 Å². The average molecular weight is 170 g/mol. The maximum absolute atomic E-state index is 9.89. The molecule has 5 nitrogen and oxygen atoms in total. The van der Waals surface area contributed by atoms with Crippen molar-refractivity contribution in [1.82, 2.24) is 0 Å². The van der Waals surface area contributed by atoms with Crippen molar-refractivity contribution < 1.29 is 23.8 Å². The fraction of sp³-hybridized carbons (Fsp3) is 1.00. The van der Waals surface area contributed by atoms with Gasteiger partial charge in [-0.25, -0.2) is 0 Å². The Hall–Kier alpha value is 0.0700.